The largest absolute Gasteiger partial charge is 0.312 e. The Morgan fingerprint density at radius 1 is 1.33 bits per heavy atom. The van der Waals surface area contributed by atoms with Gasteiger partial charge in [0.25, 0.3) is 0 Å². The average molecular weight is 268 g/mol. The summed E-state index contributed by atoms with van der Waals surface area (Å²) < 4.78 is 1.20. The normalized spacial score (nSPS) is 18.5. The molecule has 2 heteroatoms. The lowest BCUT2D eigenvalue weighted by molar-refractivity contribution is 0.156. The van der Waals surface area contributed by atoms with Crippen LogP contribution in [-0.4, -0.2) is 6.54 Å². The molecule has 0 unspecified atom stereocenters. The van der Waals surface area contributed by atoms with E-state index in [0.717, 1.165) is 13.1 Å². The molecule has 15 heavy (non-hydrogen) atoms. The molecule has 1 aliphatic carbocycles. The van der Waals surface area contributed by atoms with Crippen molar-refractivity contribution in [2.45, 2.75) is 32.7 Å². The summed E-state index contributed by atoms with van der Waals surface area (Å²) in [7, 11) is 0. The molecule has 0 aliphatic heterocycles. The van der Waals surface area contributed by atoms with Crippen molar-refractivity contribution in [3.63, 3.8) is 0 Å². The second kappa shape index (κ2) is 4.67. The van der Waals surface area contributed by atoms with Gasteiger partial charge < -0.3 is 5.32 Å². The zero-order valence-electron chi connectivity index (χ0n) is 9.22. The van der Waals surface area contributed by atoms with E-state index < -0.39 is 0 Å². The molecule has 1 aliphatic rings. The summed E-state index contributed by atoms with van der Waals surface area (Å²) in [6, 6.07) is 8.41. The minimum Gasteiger partial charge on any atom is -0.312 e. The van der Waals surface area contributed by atoms with E-state index in [-0.39, 0.29) is 0 Å². The third kappa shape index (κ3) is 2.82. The first kappa shape index (κ1) is 11.2. The monoisotopic (exact) mass is 267 g/mol. The summed E-state index contributed by atoms with van der Waals surface area (Å²) >= 11 is 3.57. The molecule has 0 atom stereocenters. The van der Waals surface area contributed by atoms with E-state index in [1.54, 1.807) is 0 Å². The Bertz CT molecular complexity index is 331. The Morgan fingerprint density at radius 3 is 2.67 bits per heavy atom. The maximum absolute atomic E-state index is 3.57. The minimum atomic E-state index is 0.571. The highest BCUT2D eigenvalue weighted by atomic mass is 79.9. The van der Waals surface area contributed by atoms with Crippen LogP contribution in [-0.2, 0) is 6.54 Å². The molecule has 0 aromatic heterocycles. The molecule has 1 fully saturated rings. The van der Waals surface area contributed by atoms with Crippen LogP contribution in [0.25, 0.3) is 0 Å². The first-order chi connectivity index (χ1) is 7.20. The van der Waals surface area contributed by atoms with Crippen LogP contribution in [0, 0.1) is 5.41 Å². The molecule has 1 aromatic rings. The number of hydrogen-bond donors (Lipinski definition) is 1. The van der Waals surface area contributed by atoms with E-state index in [1.165, 1.54) is 29.3 Å². The maximum Gasteiger partial charge on any atom is 0.0220 e. The van der Waals surface area contributed by atoms with Crippen LogP contribution in [0.3, 0.4) is 0 Å². The molecule has 2 rings (SSSR count). The van der Waals surface area contributed by atoms with Gasteiger partial charge in [-0.15, -0.1) is 0 Å². The van der Waals surface area contributed by atoms with Gasteiger partial charge in [0.1, 0.15) is 0 Å². The minimum absolute atomic E-state index is 0.571. The van der Waals surface area contributed by atoms with Crippen LogP contribution in [0.4, 0.5) is 0 Å². The smallest absolute Gasteiger partial charge is 0.0220 e. The summed E-state index contributed by atoms with van der Waals surface area (Å²) in [5, 5.41) is 3.55. The lowest BCUT2D eigenvalue weighted by atomic mass is 9.70. The second-order valence-corrected chi connectivity index (χ2v) is 5.71. The average Bonchev–Trinajstić information content (AvgIpc) is 2.18. The van der Waals surface area contributed by atoms with Crippen LogP contribution < -0.4 is 5.32 Å². The standard InChI is InChI=1S/C13H18BrN/c1-13(7-4-8-13)10-15-9-11-5-2-3-6-12(11)14/h2-3,5-6,15H,4,7-10H2,1H3. The van der Waals surface area contributed by atoms with Gasteiger partial charge in [-0.1, -0.05) is 47.5 Å². The van der Waals surface area contributed by atoms with Crippen molar-refractivity contribution in [2.75, 3.05) is 6.54 Å². The van der Waals surface area contributed by atoms with Crippen molar-refractivity contribution in [2.24, 2.45) is 5.41 Å². The first-order valence-corrected chi connectivity index (χ1v) is 6.43. The van der Waals surface area contributed by atoms with Gasteiger partial charge in [-0.05, 0) is 29.9 Å². The summed E-state index contributed by atoms with van der Waals surface area (Å²) in [5.41, 5.74) is 1.92. The fourth-order valence-electron chi connectivity index (χ4n) is 2.10. The number of benzene rings is 1. The van der Waals surface area contributed by atoms with E-state index in [1.807, 2.05) is 0 Å². The van der Waals surface area contributed by atoms with Gasteiger partial charge in [-0.25, -0.2) is 0 Å². The second-order valence-electron chi connectivity index (χ2n) is 4.86. The van der Waals surface area contributed by atoms with Crippen LogP contribution >= 0.6 is 15.9 Å². The fraction of sp³-hybridized carbons (Fsp3) is 0.538. The maximum atomic E-state index is 3.57. The van der Waals surface area contributed by atoms with Gasteiger partial charge in [-0.3, -0.25) is 0 Å². The van der Waals surface area contributed by atoms with Gasteiger partial charge in [0, 0.05) is 17.6 Å². The summed E-state index contributed by atoms with van der Waals surface area (Å²) in [6.45, 7) is 4.49. The molecule has 0 saturated heterocycles. The molecular formula is C13H18BrN. The third-order valence-corrected chi connectivity index (χ3v) is 4.16. The quantitative estimate of drug-likeness (QED) is 0.877. The van der Waals surface area contributed by atoms with Crippen molar-refractivity contribution in [1.82, 2.24) is 5.32 Å². The highest BCUT2D eigenvalue weighted by Crippen LogP contribution is 2.39. The van der Waals surface area contributed by atoms with Crippen LogP contribution in [0.5, 0.6) is 0 Å². The predicted molar refractivity (Wildman–Crippen MR) is 67.8 cm³/mol. The molecule has 0 heterocycles. The zero-order chi connectivity index (χ0) is 10.7. The van der Waals surface area contributed by atoms with Gasteiger partial charge in [0.2, 0.25) is 0 Å². The molecule has 1 nitrogen and oxygen atoms in total. The highest BCUT2D eigenvalue weighted by molar-refractivity contribution is 9.10. The van der Waals surface area contributed by atoms with E-state index >= 15 is 0 Å². The van der Waals surface area contributed by atoms with Crippen LogP contribution in [0.1, 0.15) is 31.7 Å². The SMILES string of the molecule is CC1(CNCc2ccccc2Br)CCC1. The lowest BCUT2D eigenvalue weighted by Crippen LogP contribution is -2.37. The van der Waals surface area contributed by atoms with E-state index in [4.69, 9.17) is 0 Å². The van der Waals surface area contributed by atoms with E-state index in [9.17, 15) is 0 Å². The Morgan fingerprint density at radius 2 is 2.07 bits per heavy atom. The molecule has 0 amide bonds. The molecule has 0 radical (unpaired) electrons. The van der Waals surface area contributed by atoms with Crippen molar-refractivity contribution in [3.05, 3.63) is 34.3 Å². The number of halogens is 1. The molecule has 0 spiro atoms. The van der Waals surface area contributed by atoms with Crippen molar-refractivity contribution < 1.29 is 0 Å². The molecular weight excluding hydrogens is 250 g/mol. The van der Waals surface area contributed by atoms with Gasteiger partial charge >= 0.3 is 0 Å². The van der Waals surface area contributed by atoms with Crippen molar-refractivity contribution in [1.29, 1.82) is 0 Å². The van der Waals surface area contributed by atoms with Crippen molar-refractivity contribution in [3.8, 4) is 0 Å². The van der Waals surface area contributed by atoms with Gasteiger partial charge in [-0.2, -0.15) is 0 Å². The number of rotatable bonds is 4. The lowest BCUT2D eigenvalue weighted by Gasteiger charge is -2.38. The van der Waals surface area contributed by atoms with E-state index in [2.05, 4.69) is 52.4 Å². The molecule has 82 valence electrons. The summed E-state index contributed by atoms with van der Waals surface area (Å²) in [6.07, 6.45) is 4.18. The molecule has 1 N–H and O–H groups in total. The Labute approximate surface area is 100 Å². The molecule has 1 saturated carbocycles. The Hall–Kier alpha value is -0.340. The van der Waals surface area contributed by atoms with Crippen LogP contribution in [0.2, 0.25) is 0 Å². The predicted octanol–water partition coefficient (Wildman–Crippen LogP) is 3.73. The first-order valence-electron chi connectivity index (χ1n) is 5.64. The highest BCUT2D eigenvalue weighted by Gasteiger charge is 2.30. The number of nitrogens with one attached hydrogen (secondary N) is 1. The Kier molecular flexibility index (Phi) is 3.47. The third-order valence-electron chi connectivity index (χ3n) is 3.39. The zero-order valence-corrected chi connectivity index (χ0v) is 10.8. The Balaban J connectivity index is 1.81. The van der Waals surface area contributed by atoms with Crippen molar-refractivity contribution >= 4 is 15.9 Å². The number of hydrogen-bond acceptors (Lipinski definition) is 1. The van der Waals surface area contributed by atoms with Gasteiger partial charge in [0.05, 0.1) is 0 Å². The van der Waals surface area contributed by atoms with E-state index in [0.29, 0.717) is 5.41 Å². The molecule has 0 bridgehead atoms. The topological polar surface area (TPSA) is 12.0 Å². The summed E-state index contributed by atoms with van der Waals surface area (Å²) in [4.78, 5) is 0. The summed E-state index contributed by atoms with van der Waals surface area (Å²) in [5.74, 6) is 0. The molecule has 1 aromatic carbocycles. The van der Waals surface area contributed by atoms with Crippen LogP contribution in [0.15, 0.2) is 28.7 Å². The van der Waals surface area contributed by atoms with Gasteiger partial charge in [0.15, 0.2) is 0 Å². The fourth-order valence-corrected chi connectivity index (χ4v) is 2.52.